The quantitative estimate of drug-likeness (QED) is 0.843. The van der Waals surface area contributed by atoms with Gasteiger partial charge in [-0.3, -0.25) is 0 Å². The monoisotopic (exact) mass is 321 g/mol. The third-order valence-electron chi connectivity index (χ3n) is 2.69. The van der Waals surface area contributed by atoms with Gasteiger partial charge in [0.1, 0.15) is 11.6 Å². The van der Waals surface area contributed by atoms with Gasteiger partial charge in [0.15, 0.2) is 5.82 Å². The first-order chi connectivity index (χ1) is 8.79. The fourth-order valence-electron chi connectivity index (χ4n) is 1.74. The number of aromatic hydroxyl groups is 1. The normalized spacial score (nSPS) is 11.6. The summed E-state index contributed by atoms with van der Waals surface area (Å²) in [5.74, 6) is 1.10. The van der Waals surface area contributed by atoms with Gasteiger partial charge >= 0.3 is 0 Å². The molecule has 3 N–H and O–H groups in total. The van der Waals surface area contributed by atoms with Crippen molar-refractivity contribution in [2.24, 2.45) is 0 Å². The zero-order valence-corrected chi connectivity index (χ0v) is 12.7. The summed E-state index contributed by atoms with van der Waals surface area (Å²) >= 11 is 3.44. The number of halogens is 1. The number of aromatic nitrogens is 2. The van der Waals surface area contributed by atoms with E-state index < -0.39 is 0 Å². The van der Waals surface area contributed by atoms with Crippen molar-refractivity contribution in [3.63, 3.8) is 0 Å². The van der Waals surface area contributed by atoms with E-state index in [9.17, 15) is 5.11 Å². The average Bonchev–Trinajstić information content (AvgIpc) is 2.31. The minimum atomic E-state index is -0.151. The van der Waals surface area contributed by atoms with Gasteiger partial charge < -0.3 is 10.8 Å². The van der Waals surface area contributed by atoms with E-state index in [0.717, 1.165) is 15.7 Å². The highest BCUT2D eigenvalue weighted by molar-refractivity contribution is 9.10. The topological polar surface area (TPSA) is 72.0 Å². The molecule has 0 unspecified atom stereocenters. The van der Waals surface area contributed by atoms with Crippen molar-refractivity contribution >= 4 is 21.7 Å². The smallest absolute Gasteiger partial charge is 0.161 e. The Morgan fingerprint density at radius 2 is 1.89 bits per heavy atom. The maximum absolute atomic E-state index is 9.53. The molecule has 1 aromatic heterocycles. The molecule has 2 aromatic rings. The van der Waals surface area contributed by atoms with Crippen LogP contribution in [0.2, 0.25) is 0 Å². The average molecular weight is 322 g/mol. The van der Waals surface area contributed by atoms with Crippen molar-refractivity contribution in [3.8, 4) is 17.1 Å². The predicted octanol–water partition coefficient (Wildman–Crippen LogP) is 3.49. The third kappa shape index (κ3) is 2.87. The van der Waals surface area contributed by atoms with E-state index >= 15 is 0 Å². The summed E-state index contributed by atoms with van der Waals surface area (Å²) in [7, 11) is 0. The Kier molecular flexibility index (Phi) is 3.49. The zero-order valence-electron chi connectivity index (χ0n) is 11.1. The van der Waals surface area contributed by atoms with Crippen molar-refractivity contribution in [2.45, 2.75) is 26.2 Å². The van der Waals surface area contributed by atoms with Crippen LogP contribution in [0.1, 0.15) is 26.5 Å². The van der Waals surface area contributed by atoms with E-state index in [-0.39, 0.29) is 11.2 Å². The highest BCUT2D eigenvalue weighted by atomic mass is 79.9. The number of hydrogen-bond donors (Lipinski definition) is 2. The number of hydrogen-bond acceptors (Lipinski definition) is 4. The van der Waals surface area contributed by atoms with Gasteiger partial charge in [-0.25, -0.2) is 9.97 Å². The molecular formula is C14H16BrN3O. The number of nitrogens with zero attached hydrogens (tertiary/aromatic N) is 2. The van der Waals surface area contributed by atoms with Gasteiger partial charge in [-0.15, -0.1) is 0 Å². The fourth-order valence-corrected chi connectivity index (χ4v) is 2.51. The molecule has 0 atom stereocenters. The van der Waals surface area contributed by atoms with Crippen molar-refractivity contribution in [1.82, 2.24) is 9.97 Å². The second-order valence-corrected chi connectivity index (χ2v) is 6.19. The molecule has 1 heterocycles. The fraction of sp³-hybridized carbons (Fsp3) is 0.286. The highest BCUT2D eigenvalue weighted by Gasteiger charge is 2.22. The molecule has 0 spiro atoms. The van der Waals surface area contributed by atoms with Crippen LogP contribution in [-0.4, -0.2) is 15.1 Å². The number of anilines is 1. The van der Waals surface area contributed by atoms with Crippen LogP contribution < -0.4 is 5.73 Å². The van der Waals surface area contributed by atoms with E-state index in [1.165, 1.54) is 0 Å². The molecule has 1 aromatic carbocycles. The SMILES string of the molecule is CC(C)(C)c1nc(-c2cccc(O)c2)nc(N)c1Br. The Morgan fingerprint density at radius 1 is 1.21 bits per heavy atom. The summed E-state index contributed by atoms with van der Waals surface area (Å²) in [6.07, 6.45) is 0. The van der Waals surface area contributed by atoms with Gasteiger partial charge in [-0.1, -0.05) is 32.9 Å². The highest BCUT2D eigenvalue weighted by Crippen LogP contribution is 2.33. The molecule has 19 heavy (non-hydrogen) atoms. The van der Waals surface area contributed by atoms with E-state index in [4.69, 9.17) is 5.73 Å². The first kappa shape index (κ1) is 13.8. The molecular weight excluding hydrogens is 306 g/mol. The van der Waals surface area contributed by atoms with Gasteiger partial charge in [-0.2, -0.15) is 0 Å². The van der Waals surface area contributed by atoms with Crippen LogP contribution in [0.5, 0.6) is 5.75 Å². The Hall–Kier alpha value is -1.62. The van der Waals surface area contributed by atoms with Crippen LogP contribution in [0.15, 0.2) is 28.7 Å². The van der Waals surface area contributed by atoms with Crippen molar-refractivity contribution in [2.75, 3.05) is 5.73 Å². The Balaban J connectivity index is 2.63. The van der Waals surface area contributed by atoms with Gasteiger partial charge in [-0.05, 0) is 28.1 Å². The second kappa shape index (κ2) is 4.81. The lowest BCUT2D eigenvalue weighted by atomic mass is 9.91. The van der Waals surface area contributed by atoms with Crippen LogP contribution in [0.4, 0.5) is 5.82 Å². The predicted molar refractivity (Wildman–Crippen MR) is 79.9 cm³/mol. The second-order valence-electron chi connectivity index (χ2n) is 5.40. The lowest BCUT2D eigenvalue weighted by molar-refractivity contribution is 0.475. The molecule has 4 nitrogen and oxygen atoms in total. The van der Waals surface area contributed by atoms with E-state index in [1.807, 2.05) is 6.07 Å². The molecule has 0 saturated heterocycles. The molecule has 0 bridgehead atoms. The lowest BCUT2D eigenvalue weighted by Crippen LogP contribution is -2.17. The summed E-state index contributed by atoms with van der Waals surface area (Å²) in [5.41, 5.74) is 7.37. The van der Waals surface area contributed by atoms with Crippen LogP contribution in [-0.2, 0) is 5.41 Å². The largest absolute Gasteiger partial charge is 0.508 e. The first-order valence-corrected chi connectivity index (χ1v) is 6.71. The number of nitrogen functional groups attached to an aromatic ring is 1. The maximum atomic E-state index is 9.53. The van der Waals surface area contributed by atoms with Crippen LogP contribution in [0, 0.1) is 0 Å². The summed E-state index contributed by atoms with van der Waals surface area (Å²) in [6.45, 7) is 6.18. The number of benzene rings is 1. The minimum absolute atomic E-state index is 0.151. The Morgan fingerprint density at radius 3 is 2.47 bits per heavy atom. The van der Waals surface area contributed by atoms with Gasteiger partial charge in [0.2, 0.25) is 0 Å². The number of nitrogens with two attached hydrogens (primary N) is 1. The molecule has 2 rings (SSSR count). The molecule has 100 valence electrons. The van der Waals surface area contributed by atoms with Crippen LogP contribution >= 0.6 is 15.9 Å². The lowest BCUT2D eigenvalue weighted by Gasteiger charge is -2.20. The molecule has 0 fully saturated rings. The Labute approximate surface area is 120 Å². The molecule has 0 radical (unpaired) electrons. The van der Waals surface area contributed by atoms with Crippen molar-refractivity contribution in [3.05, 3.63) is 34.4 Å². The van der Waals surface area contributed by atoms with Gasteiger partial charge in [0, 0.05) is 11.0 Å². The molecule has 0 aliphatic heterocycles. The standard InChI is InChI=1S/C14H16BrN3O/c1-14(2,3)11-10(15)12(16)18-13(17-11)8-5-4-6-9(19)7-8/h4-7,19H,1-3H3,(H2,16,17,18). The molecule has 5 heteroatoms. The van der Waals surface area contributed by atoms with Gasteiger partial charge in [0.05, 0.1) is 10.2 Å². The minimum Gasteiger partial charge on any atom is -0.508 e. The van der Waals surface area contributed by atoms with E-state index in [1.54, 1.807) is 18.2 Å². The molecule has 0 aliphatic rings. The van der Waals surface area contributed by atoms with E-state index in [0.29, 0.717) is 11.6 Å². The summed E-state index contributed by atoms with van der Waals surface area (Å²) in [5, 5.41) is 9.53. The van der Waals surface area contributed by atoms with Crippen LogP contribution in [0.25, 0.3) is 11.4 Å². The van der Waals surface area contributed by atoms with Crippen molar-refractivity contribution < 1.29 is 5.11 Å². The van der Waals surface area contributed by atoms with Gasteiger partial charge in [0.25, 0.3) is 0 Å². The molecule has 0 amide bonds. The van der Waals surface area contributed by atoms with Crippen LogP contribution in [0.3, 0.4) is 0 Å². The zero-order chi connectivity index (χ0) is 14.2. The number of phenolic OH excluding ortho intramolecular Hbond substituents is 1. The van der Waals surface area contributed by atoms with E-state index in [2.05, 4.69) is 46.7 Å². The summed E-state index contributed by atoms with van der Waals surface area (Å²) in [6, 6.07) is 6.82. The molecule has 0 saturated carbocycles. The molecule has 0 aliphatic carbocycles. The number of phenols is 1. The summed E-state index contributed by atoms with van der Waals surface area (Å²) in [4.78, 5) is 8.83. The third-order valence-corrected chi connectivity index (χ3v) is 3.47. The number of rotatable bonds is 1. The first-order valence-electron chi connectivity index (χ1n) is 5.92. The van der Waals surface area contributed by atoms with Crippen molar-refractivity contribution in [1.29, 1.82) is 0 Å². The summed E-state index contributed by atoms with van der Waals surface area (Å²) < 4.78 is 0.726. The Bertz CT molecular complexity index is 621. The maximum Gasteiger partial charge on any atom is 0.161 e.